The number of thiazole rings is 1. The lowest BCUT2D eigenvalue weighted by atomic mass is 10.1. The number of anilines is 1. The topological polar surface area (TPSA) is 53.5 Å². The fourth-order valence-electron chi connectivity index (χ4n) is 3.76. The van der Waals surface area contributed by atoms with E-state index >= 15 is 0 Å². The molecule has 0 saturated carbocycles. The second kappa shape index (κ2) is 9.69. The van der Waals surface area contributed by atoms with Crippen LogP contribution in [0.3, 0.4) is 0 Å². The summed E-state index contributed by atoms with van der Waals surface area (Å²) in [5.41, 5.74) is 4.07. The number of aryl methyl sites for hydroxylation is 2. The SMILES string of the molecule is CCCc1ccc(-c2csc(N3CCN(S(=O)(=O)c4cc(C)c(Cl)cc4Cl)CC3)n2)cc1. The van der Waals surface area contributed by atoms with Crippen molar-refractivity contribution in [1.82, 2.24) is 9.29 Å². The van der Waals surface area contributed by atoms with E-state index in [-0.39, 0.29) is 9.92 Å². The maximum atomic E-state index is 13.1. The van der Waals surface area contributed by atoms with E-state index in [1.54, 1.807) is 24.3 Å². The Morgan fingerprint density at radius 3 is 2.38 bits per heavy atom. The highest BCUT2D eigenvalue weighted by Crippen LogP contribution is 2.32. The van der Waals surface area contributed by atoms with Crippen LogP contribution in [0.4, 0.5) is 5.13 Å². The zero-order valence-corrected chi connectivity index (χ0v) is 21.2. The predicted molar refractivity (Wildman–Crippen MR) is 134 cm³/mol. The van der Waals surface area contributed by atoms with Gasteiger partial charge < -0.3 is 4.90 Å². The van der Waals surface area contributed by atoms with Gasteiger partial charge in [0.2, 0.25) is 10.0 Å². The number of benzene rings is 2. The van der Waals surface area contributed by atoms with Crippen molar-refractivity contribution in [2.75, 3.05) is 31.1 Å². The molecule has 0 spiro atoms. The number of rotatable bonds is 6. The number of sulfonamides is 1. The molecule has 0 unspecified atom stereocenters. The summed E-state index contributed by atoms with van der Waals surface area (Å²) in [5, 5.41) is 3.58. The van der Waals surface area contributed by atoms with Crippen LogP contribution < -0.4 is 4.90 Å². The molecule has 0 aliphatic carbocycles. The van der Waals surface area contributed by atoms with Gasteiger partial charge >= 0.3 is 0 Å². The van der Waals surface area contributed by atoms with Crippen LogP contribution in [0, 0.1) is 6.92 Å². The van der Waals surface area contributed by atoms with Crippen LogP contribution in [0.25, 0.3) is 11.3 Å². The molecule has 1 aliphatic rings. The summed E-state index contributed by atoms with van der Waals surface area (Å²) in [6.07, 6.45) is 2.21. The molecule has 3 aromatic rings. The molecule has 9 heteroatoms. The minimum atomic E-state index is -3.69. The predicted octanol–water partition coefficient (Wildman–Crippen LogP) is 5.89. The fourth-order valence-corrected chi connectivity index (χ4v) is 6.88. The number of piperazine rings is 1. The van der Waals surface area contributed by atoms with Gasteiger partial charge in [0, 0.05) is 42.1 Å². The summed E-state index contributed by atoms with van der Waals surface area (Å²) >= 11 is 13.9. The first kappa shape index (κ1) is 23.5. The molecule has 1 saturated heterocycles. The Morgan fingerprint density at radius 1 is 1.03 bits per heavy atom. The molecule has 0 bridgehead atoms. The third kappa shape index (κ3) is 4.82. The molecule has 0 N–H and O–H groups in total. The van der Waals surface area contributed by atoms with E-state index in [0.717, 1.165) is 29.2 Å². The van der Waals surface area contributed by atoms with Gasteiger partial charge in [0.15, 0.2) is 5.13 Å². The number of aromatic nitrogens is 1. The first-order chi connectivity index (χ1) is 15.3. The number of nitrogens with zero attached hydrogens (tertiary/aromatic N) is 3. The van der Waals surface area contributed by atoms with Gasteiger partial charge in [-0.2, -0.15) is 4.31 Å². The van der Waals surface area contributed by atoms with Crippen LogP contribution in [-0.4, -0.2) is 43.9 Å². The highest BCUT2D eigenvalue weighted by molar-refractivity contribution is 7.89. The van der Waals surface area contributed by atoms with Crippen molar-refractivity contribution in [3.8, 4) is 11.3 Å². The van der Waals surface area contributed by atoms with Crippen molar-refractivity contribution in [3.05, 3.63) is 63.0 Å². The van der Waals surface area contributed by atoms with E-state index in [2.05, 4.69) is 41.5 Å². The molecule has 2 aromatic carbocycles. The minimum absolute atomic E-state index is 0.109. The van der Waals surface area contributed by atoms with E-state index in [0.29, 0.717) is 36.8 Å². The Bertz CT molecular complexity index is 1200. The first-order valence-electron chi connectivity index (χ1n) is 10.5. The van der Waals surface area contributed by atoms with Gasteiger partial charge in [-0.25, -0.2) is 13.4 Å². The largest absolute Gasteiger partial charge is 0.345 e. The Morgan fingerprint density at radius 2 is 1.72 bits per heavy atom. The number of hydrogen-bond donors (Lipinski definition) is 0. The molecule has 2 heterocycles. The second-order valence-corrected chi connectivity index (χ2v) is 11.4. The molecule has 1 fully saturated rings. The van der Waals surface area contributed by atoms with E-state index in [1.807, 2.05) is 0 Å². The Labute approximate surface area is 203 Å². The van der Waals surface area contributed by atoms with Crippen molar-refractivity contribution < 1.29 is 8.42 Å². The standard InChI is InChI=1S/C23H25Cl2N3O2S2/c1-3-4-17-5-7-18(8-6-17)21-15-31-23(26-21)27-9-11-28(12-10-27)32(29,30)22-13-16(2)19(24)14-20(22)25/h5-8,13-15H,3-4,9-12H2,1-2H3. The van der Waals surface area contributed by atoms with Crippen LogP contribution in [0.2, 0.25) is 10.0 Å². The summed E-state index contributed by atoms with van der Waals surface area (Å²) in [5.74, 6) is 0. The summed E-state index contributed by atoms with van der Waals surface area (Å²) in [6, 6.07) is 11.6. The molecule has 0 radical (unpaired) electrons. The van der Waals surface area contributed by atoms with Crippen LogP contribution in [0.1, 0.15) is 24.5 Å². The zero-order valence-electron chi connectivity index (χ0n) is 18.0. The van der Waals surface area contributed by atoms with Crippen LogP contribution in [-0.2, 0) is 16.4 Å². The lowest BCUT2D eigenvalue weighted by Crippen LogP contribution is -2.48. The lowest BCUT2D eigenvalue weighted by Gasteiger charge is -2.34. The van der Waals surface area contributed by atoms with E-state index < -0.39 is 10.0 Å². The van der Waals surface area contributed by atoms with Gasteiger partial charge in [-0.15, -0.1) is 11.3 Å². The van der Waals surface area contributed by atoms with Crippen LogP contribution in [0.15, 0.2) is 46.7 Å². The van der Waals surface area contributed by atoms with Gasteiger partial charge in [-0.05, 0) is 36.6 Å². The normalized spacial score (nSPS) is 15.3. The highest BCUT2D eigenvalue weighted by Gasteiger charge is 2.31. The maximum absolute atomic E-state index is 13.1. The molecule has 0 atom stereocenters. The van der Waals surface area contributed by atoms with Crippen molar-refractivity contribution in [3.63, 3.8) is 0 Å². The lowest BCUT2D eigenvalue weighted by molar-refractivity contribution is 0.385. The molecule has 1 aliphatic heterocycles. The molecular formula is C23H25Cl2N3O2S2. The van der Waals surface area contributed by atoms with Crippen molar-refractivity contribution >= 4 is 49.7 Å². The summed E-state index contributed by atoms with van der Waals surface area (Å²) in [4.78, 5) is 7.05. The first-order valence-corrected chi connectivity index (χ1v) is 13.6. The summed E-state index contributed by atoms with van der Waals surface area (Å²) < 4.78 is 27.8. The Hall–Kier alpha value is -1.64. The molecule has 170 valence electrons. The van der Waals surface area contributed by atoms with E-state index in [1.165, 1.54) is 15.9 Å². The van der Waals surface area contributed by atoms with Gasteiger partial charge in [0.25, 0.3) is 0 Å². The Kier molecular flexibility index (Phi) is 7.12. The van der Waals surface area contributed by atoms with Crippen molar-refractivity contribution in [2.45, 2.75) is 31.6 Å². The molecule has 32 heavy (non-hydrogen) atoms. The van der Waals surface area contributed by atoms with Crippen LogP contribution >= 0.6 is 34.5 Å². The minimum Gasteiger partial charge on any atom is -0.345 e. The quantitative estimate of drug-likeness (QED) is 0.415. The van der Waals surface area contributed by atoms with E-state index in [9.17, 15) is 8.42 Å². The molecule has 0 amide bonds. The Balaban J connectivity index is 1.45. The number of hydrogen-bond acceptors (Lipinski definition) is 5. The third-order valence-electron chi connectivity index (χ3n) is 5.62. The van der Waals surface area contributed by atoms with Crippen molar-refractivity contribution in [2.24, 2.45) is 0 Å². The maximum Gasteiger partial charge on any atom is 0.244 e. The number of halogens is 2. The van der Waals surface area contributed by atoms with Gasteiger partial charge in [-0.1, -0.05) is 60.8 Å². The molecule has 4 rings (SSSR count). The summed E-state index contributed by atoms with van der Waals surface area (Å²) in [7, 11) is -3.69. The van der Waals surface area contributed by atoms with E-state index in [4.69, 9.17) is 28.2 Å². The van der Waals surface area contributed by atoms with Gasteiger partial charge in [0.1, 0.15) is 4.90 Å². The average Bonchev–Trinajstić information content (AvgIpc) is 3.27. The fraction of sp³-hybridized carbons (Fsp3) is 0.348. The second-order valence-electron chi connectivity index (χ2n) is 7.89. The molecule has 1 aromatic heterocycles. The molecular weight excluding hydrogens is 485 g/mol. The monoisotopic (exact) mass is 509 g/mol. The average molecular weight is 511 g/mol. The third-order valence-corrected chi connectivity index (χ3v) is 9.29. The summed E-state index contributed by atoms with van der Waals surface area (Å²) in [6.45, 7) is 5.85. The zero-order chi connectivity index (χ0) is 22.9. The van der Waals surface area contributed by atoms with Gasteiger partial charge in [0.05, 0.1) is 10.7 Å². The highest BCUT2D eigenvalue weighted by atomic mass is 35.5. The van der Waals surface area contributed by atoms with Gasteiger partial charge in [-0.3, -0.25) is 0 Å². The smallest absolute Gasteiger partial charge is 0.244 e. The molecule has 5 nitrogen and oxygen atoms in total. The van der Waals surface area contributed by atoms with Crippen molar-refractivity contribution in [1.29, 1.82) is 0 Å². The van der Waals surface area contributed by atoms with Crippen LogP contribution in [0.5, 0.6) is 0 Å².